The van der Waals surface area contributed by atoms with Gasteiger partial charge in [-0.3, -0.25) is 4.90 Å². The average Bonchev–Trinajstić information content (AvgIpc) is 2.11. The number of nitrogens with zero attached hydrogens (tertiary/aromatic N) is 1. The van der Waals surface area contributed by atoms with Crippen LogP contribution in [-0.4, -0.2) is 43.3 Å². The molecule has 5 heteroatoms. The molecule has 0 aliphatic heterocycles. The molecule has 0 fully saturated rings. The predicted octanol–water partition coefficient (Wildman–Crippen LogP) is 2.50. The van der Waals surface area contributed by atoms with Crippen molar-refractivity contribution in [1.82, 2.24) is 10.2 Å². The molecule has 2 nitrogen and oxygen atoms in total. The number of alkyl halides is 3. The van der Waals surface area contributed by atoms with Gasteiger partial charge in [0.15, 0.2) is 0 Å². The van der Waals surface area contributed by atoms with Gasteiger partial charge < -0.3 is 5.32 Å². The molecule has 0 aromatic rings. The third-order valence-corrected chi connectivity index (χ3v) is 2.29. The minimum absolute atomic E-state index is 0.227. The fourth-order valence-corrected chi connectivity index (χ4v) is 1.50. The maximum absolute atomic E-state index is 12.2. The van der Waals surface area contributed by atoms with Crippen molar-refractivity contribution in [1.29, 1.82) is 0 Å². The molecule has 1 atom stereocenters. The summed E-state index contributed by atoms with van der Waals surface area (Å²) in [5.74, 6) is 0.227. The zero-order valence-corrected chi connectivity index (χ0v) is 10.6. The molecule has 0 spiro atoms. The second-order valence-electron chi connectivity index (χ2n) is 4.61. The van der Waals surface area contributed by atoms with Crippen molar-refractivity contribution in [3.63, 3.8) is 0 Å². The van der Waals surface area contributed by atoms with Crippen LogP contribution >= 0.6 is 0 Å². The molecule has 0 aliphatic carbocycles. The van der Waals surface area contributed by atoms with Gasteiger partial charge in [-0.05, 0) is 19.0 Å². The molecule has 0 bridgehead atoms. The molecule has 0 saturated carbocycles. The van der Waals surface area contributed by atoms with Crippen LogP contribution in [0.3, 0.4) is 0 Å². The lowest BCUT2D eigenvalue weighted by atomic mass is 10.1. The third-order valence-electron chi connectivity index (χ3n) is 2.29. The fourth-order valence-electron chi connectivity index (χ4n) is 1.50. The average molecular weight is 240 g/mol. The van der Waals surface area contributed by atoms with Crippen molar-refractivity contribution in [3.8, 4) is 0 Å². The summed E-state index contributed by atoms with van der Waals surface area (Å²) in [7, 11) is 0. The van der Waals surface area contributed by atoms with E-state index in [4.69, 9.17) is 0 Å². The Morgan fingerprint density at radius 2 is 1.75 bits per heavy atom. The van der Waals surface area contributed by atoms with Crippen LogP contribution < -0.4 is 5.32 Å². The zero-order chi connectivity index (χ0) is 12.8. The molecule has 0 heterocycles. The molecule has 16 heavy (non-hydrogen) atoms. The van der Waals surface area contributed by atoms with Crippen LogP contribution in [0.25, 0.3) is 0 Å². The van der Waals surface area contributed by atoms with Crippen molar-refractivity contribution in [2.24, 2.45) is 5.92 Å². The van der Waals surface area contributed by atoms with E-state index < -0.39 is 12.7 Å². The number of hydrogen-bond acceptors (Lipinski definition) is 2. The summed E-state index contributed by atoms with van der Waals surface area (Å²) in [5.41, 5.74) is 0. The summed E-state index contributed by atoms with van der Waals surface area (Å²) in [6, 6.07) is 0.375. The lowest BCUT2D eigenvalue weighted by Gasteiger charge is -2.25. The van der Waals surface area contributed by atoms with Gasteiger partial charge >= 0.3 is 6.18 Å². The van der Waals surface area contributed by atoms with E-state index in [1.807, 2.05) is 20.8 Å². The van der Waals surface area contributed by atoms with Gasteiger partial charge in [0.1, 0.15) is 0 Å². The summed E-state index contributed by atoms with van der Waals surface area (Å²) in [6.45, 7) is 8.64. The minimum Gasteiger partial charge on any atom is -0.314 e. The summed E-state index contributed by atoms with van der Waals surface area (Å²) < 4.78 is 36.6. The Morgan fingerprint density at radius 3 is 2.12 bits per heavy atom. The molecule has 0 radical (unpaired) electrons. The van der Waals surface area contributed by atoms with E-state index in [0.717, 1.165) is 6.54 Å². The van der Waals surface area contributed by atoms with Crippen LogP contribution in [0.4, 0.5) is 13.2 Å². The van der Waals surface area contributed by atoms with Crippen molar-refractivity contribution in [3.05, 3.63) is 0 Å². The molecular formula is C11H23F3N2. The Morgan fingerprint density at radius 1 is 1.19 bits per heavy atom. The van der Waals surface area contributed by atoms with E-state index in [1.165, 1.54) is 4.90 Å². The Balaban J connectivity index is 3.92. The van der Waals surface area contributed by atoms with E-state index in [-0.39, 0.29) is 5.92 Å². The largest absolute Gasteiger partial charge is 0.401 e. The van der Waals surface area contributed by atoms with Gasteiger partial charge in [-0.1, -0.05) is 27.7 Å². The quantitative estimate of drug-likeness (QED) is 0.735. The van der Waals surface area contributed by atoms with Crippen LogP contribution in [0.2, 0.25) is 0 Å². The monoisotopic (exact) mass is 240 g/mol. The second-order valence-corrected chi connectivity index (χ2v) is 4.61. The topological polar surface area (TPSA) is 15.3 Å². The van der Waals surface area contributed by atoms with Crippen LogP contribution in [-0.2, 0) is 0 Å². The first-order valence-electron chi connectivity index (χ1n) is 5.77. The first kappa shape index (κ1) is 15.7. The van der Waals surface area contributed by atoms with E-state index in [0.29, 0.717) is 19.1 Å². The standard InChI is InChI=1S/C11H23F3N2/c1-5-16(8-11(12,13)14)7-10(4)6-15-9(2)3/h9-10,15H,5-8H2,1-4H3. The Bertz CT molecular complexity index is 181. The van der Waals surface area contributed by atoms with Gasteiger partial charge in [-0.25, -0.2) is 0 Å². The number of rotatable bonds is 7. The third kappa shape index (κ3) is 8.97. The summed E-state index contributed by atoms with van der Waals surface area (Å²) in [6.07, 6.45) is -4.10. The van der Waals surface area contributed by atoms with Crippen molar-refractivity contribution in [2.75, 3.05) is 26.2 Å². The van der Waals surface area contributed by atoms with Crippen molar-refractivity contribution >= 4 is 0 Å². The Labute approximate surface area is 96.2 Å². The first-order chi connectivity index (χ1) is 7.24. The van der Waals surface area contributed by atoms with E-state index in [9.17, 15) is 13.2 Å². The predicted molar refractivity (Wildman–Crippen MR) is 60.5 cm³/mol. The van der Waals surface area contributed by atoms with E-state index in [2.05, 4.69) is 5.32 Å². The highest BCUT2D eigenvalue weighted by Gasteiger charge is 2.30. The van der Waals surface area contributed by atoms with E-state index >= 15 is 0 Å². The molecule has 0 amide bonds. The lowest BCUT2D eigenvalue weighted by molar-refractivity contribution is -0.146. The zero-order valence-electron chi connectivity index (χ0n) is 10.6. The maximum Gasteiger partial charge on any atom is 0.401 e. The van der Waals surface area contributed by atoms with Crippen LogP contribution in [0, 0.1) is 5.92 Å². The maximum atomic E-state index is 12.2. The number of halogens is 3. The fraction of sp³-hybridized carbons (Fsp3) is 1.00. The van der Waals surface area contributed by atoms with Crippen LogP contribution in [0.1, 0.15) is 27.7 Å². The van der Waals surface area contributed by atoms with Crippen LogP contribution in [0.5, 0.6) is 0 Å². The molecule has 1 unspecified atom stereocenters. The lowest BCUT2D eigenvalue weighted by Crippen LogP contribution is -2.40. The molecule has 98 valence electrons. The highest BCUT2D eigenvalue weighted by atomic mass is 19.4. The smallest absolute Gasteiger partial charge is 0.314 e. The Hall–Kier alpha value is -0.290. The summed E-state index contributed by atoms with van der Waals surface area (Å²) in [4.78, 5) is 1.44. The highest BCUT2D eigenvalue weighted by molar-refractivity contribution is 4.68. The molecule has 1 N–H and O–H groups in total. The Kier molecular flexibility index (Phi) is 6.99. The number of nitrogens with one attached hydrogen (secondary N) is 1. The molecular weight excluding hydrogens is 217 g/mol. The van der Waals surface area contributed by atoms with Gasteiger partial charge in [0.2, 0.25) is 0 Å². The highest BCUT2D eigenvalue weighted by Crippen LogP contribution is 2.16. The van der Waals surface area contributed by atoms with Gasteiger partial charge in [0.25, 0.3) is 0 Å². The molecule has 0 saturated heterocycles. The molecule has 0 aromatic heterocycles. The SMILES string of the molecule is CCN(CC(C)CNC(C)C)CC(F)(F)F. The van der Waals surface area contributed by atoms with Crippen molar-refractivity contribution in [2.45, 2.75) is 39.9 Å². The molecule has 0 aromatic carbocycles. The van der Waals surface area contributed by atoms with Gasteiger partial charge in [0, 0.05) is 12.6 Å². The van der Waals surface area contributed by atoms with Gasteiger partial charge in [-0.2, -0.15) is 13.2 Å². The minimum atomic E-state index is -4.10. The van der Waals surface area contributed by atoms with Gasteiger partial charge in [-0.15, -0.1) is 0 Å². The van der Waals surface area contributed by atoms with E-state index in [1.54, 1.807) is 6.92 Å². The van der Waals surface area contributed by atoms with Crippen molar-refractivity contribution < 1.29 is 13.2 Å². The second kappa shape index (κ2) is 7.12. The number of hydrogen-bond donors (Lipinski definition) is 1. The summed E-state index contributed by atoms with van der Waals surface area (Å²) in [5, 5.41) is 3.23. The molecule has 0 aliphatic rings. The summed E-state index contributed by atoms with van der Waals surface area (Å²) >= 11 is 0. The van der Waals surface area contributed by atoms with Gasteiger partial charge in [0.05, 0.1) is 6.54 Å². The van der Waals surface area contributed by atoms with Crippen LogP contribution in [0.15, 0.2) is 0 Å². The normalized spacial score (nSPS) is 14.8. The first-order valence-corrected chi connectivity index (χ1v) is 5.77. The molecule has 0 rings (SSSR count).